The fourth-order valence-electron chi connectivity index (χ4n) is 3.51. The van der Waals surface area contributed by atoms with E-state index in [0.717, 1.165) is 24.3 Å². The molecule has 1 heteroatoms. The van der Waals surface area contributed by atoms with E-state index in [1.165, 1.54) is 24.9 Å². The molecule has 1 nitrogen and oxygen atoms in total. The molecule has 3 rings (SSSR count). The predicted octanol–water partition coefficient (Wildman–Crippen LogP) is 3.59. The Bertz CT molecular complexity index is 409. The lowest BCUT2D eigenvalue weighted by Crippen LogP contribution is -2.28. The Morgan fingerprint density at radius 2 is 2.00 bits per heavy atom. The molecule has 0 radical (unpaired) electrons. The fraction of sp³-hybridized carbons (Fsp3) is 0.529. The van der Waals surface area contributed by atoms with Gasteiger partial charge in [0.15, 0.2) is 0 Å². The van der Waals surface area contributed by atoms with E-state index in [0.29, 0.717) is 5.92 Å². The SMILES string of the molecule is CC(CNCC1CC2C=CC1C2)c1ccccc1. The zero-order chi connectivity index (χ0) is 12.4. The second-order valence-corrected chi connectivity index (χ2v) is 6.01. The van der Waals surface area contributed by atoms with Crippen molar-refractivity contribution in [3.63, 3.8) is 0 Å². The molecule has 1 N–H and O–H groups in total. The summed E-state index contributed by atoms with van der Waals surface area (Å²) in [7, 11) is 0. The van der Waals surface area contributed by atoms with Crippen LogP contribution in [-0.4, -0.2) is 13.1 Å². The Morgan fingerprint density at radius 3 is 2.67 bits per heavy atom. The summed E-state index contributed by atoms with van der Waals surface area (Å²) in [4.78, 5) is 0. The molecule has 4 atom stereocenters. The highest BCUT2D eigenvalue weighted by molar-refractivity contribution is 5.19. The van der Waals surface area contributed by atoms with Crippen LogP contribution in [0.1, 0.15) is 31.2 Å². The molecular formula is C17H23N. The molecule has 4 unspecified atom stereocenters. The maximum atomic E-state index is 3.68. The minimum atomic E-state index is 0.611. The summed E-state index contributed by atoms with van der Waals surface area (Å²) in [5.41, 5.74) is 1.44. The number of fused-ring (bicyclic) bond motifs is 2. The second kappa shape index (κ2) is 5.27. The van der Waals surface area contributed by atoms with Crippen LogP contribution in [-0.2, 0) is 0 Å². The van der Waals surface area contributed by atoms with Gasteiger partial charge in [-0.1, -0.05) is 49.4 Å². The van der Waals surface area contributed by atoms with Crippen LogP contribution in [0, 0.1) is 17.8 Å². The van der Waals surface area contributed by atoms with Crippen molar-refractivity contribution in [3.8, 4) is 0 Å². The molecule has 0 aliphatic heterocycles. The topological polar surface area (TPSA) is 12.0 Å². The van der Waals surface area contributed by atoms with Gasteiger partial charge in [0, 0.05) is 6.54 Å². The van der Waals surface area contributed by atoms with Crippen LogP contribution in [0.2, 0.25) is 0 Å². The van der Waals surface area contributed by atoms with Gasteiger partial charge in [0.05, 0.1) is 0 Å². The summed E-state index contributed by atoms with van der Waals surface area (Å²) < 4.78 is 0. The lowest BCUT2D eigenvalue weighted by molar-refractivity contribution is 0.409. The Labute approximate surface area is 110 Å². The predicted molar refractivity (Wildman–Crippen MR) is 76.6 cm³/mol. The smallest absolute Gasteiger partial charge is 0.00176 e. The van der Waals surface area contributed by atoms with Gasteiger partial charge in [-0.05, 0) is 48.6 Å². The van der Waals surface area contributed by atoms with Crippen molar-refractivity contribution in [2.75, 3.05) is 13.1 Å². The van der Waals surface area contributed by atoms with Crippen molar-refractivity contribution >= 4 is 0 Å². The number of benzene rings is 1. The lowest BCUT2D eigenvalue weighted by Gasteiger charge is -2.20. The van der Waals surface area contributed by atoms with Crippen molar-refractivity contribution in [2.45, 2.75) is 25.7 Å². The molecule has 0 amide bonds. The van der Waals surface area contributed by atoms with Crippen LogP contribution >= 0.6 is 0 Å². The molecule has 0 heterocycles. The maximum Gasteiger partial charge on any atom is 0.00176 e. The van der Waals surface area contributed by atoms with Crippen LogP contribution in [0.4, 0.5) is 0 Å². The van der Waals surface area contributed by atoms with E-state index in [9.17, 15) is 0 Å². The summed E-state index contributed by atoms with van der Waals surface area (Å²) in [6, 6.07) is 10.8. The maximum absolute atomic E-state index is 3.68. The standard InChI is InChI=1S/C17H23N/c1-13(15-5-3-2-4-6-15)11-18-12-17-10-14-7-8-16(17)9-14/h2-8,13-14,16-18H,9-12H2,1H3. The molecule has 18 heavy (non-hydrogen) atoms. The first-order chi connectivity index (χ1) is 8.83. The number of hydrogen-bond donors (Lipinski definition) is 1. The lowest BCUT2D eigenvalue weighted by atomic mass is 9.93. The van der Waals surface area contributed by atoms with Crippen LogP contribution in [0.15, 0.2) is 42.5 Å². The van der Waals surface area contributed by atoms with Gasteiger partial charge in [-0.15, -0.1) is 0 Å². The van der Waals surface area contributed by atoms with Gasteiger partial charge >= 0.3 is 0 Å². The molecule has 2 bridgehead atoms. The Kier molecular flexibility index (Phi) is 3.51. The van der Waals surface area contributed by atoms with Crippen molar-refractivity contribution in [3.05, 3.63) is 48.0 Å². The van der Waals surface area contributed by atoms with E-state index in [1.54, 1.807) is 0 Å². The van der Waals surface area contributed by atoms with Gasteiger partial charge in [0.25, 0.3) is 0 Å². The quantitative estimate of drug-likeness (QED) is 0.777. The summed E-state index contributed by atoms with van der Waals surface area (Å²) in [5.74, 6) is 3.27. The molecule has 96 valence electrons. The molecule has 2 aliphatic carbocycles. The van der Waals surface area contributed by atoms with E-state index in [1.807, 2.05) is 0 Å². The molecule has 1 aromatic rings. The molecule has 1 saturated carbocycles. The molecule has 0 spiro atoms. The van der Waals surface area contributed by atoms with Crippen molar-refractivity contribution in [1.82, 2.24) is 5.32 Å². The fourth-order valence-corrected chi connectivity index (χ4v) is 3.51. The second-order valence-electron chi connectivity index (χ2n) is 6.01. The van der Waals surface area contributed by atoms with Crippen LogP contribution < -0.4 is 5.32 Å². The van der Waals surface area contributed by atoms with Crippen molar-refractivity contribution in [1.29, 1.82) is 0 Å². The van der Waals surface area contributed by atoms with Gasteiger partial charge < -0.3 is 5.32 Å². The van der Waals surface area contributed by atoms with E-state index < -0.39 is 0 Å². The van der Waals surface area contributed by atoms with Crippen LogP contribution in [0.5, 0.6) is 0 Å². The van der Waals surface area contributed by atoms with Gasteiger partial charge in [-0.2, -0.15) is 0 Å². The zero-order valence-electron chi connectivity index (χ0n) is 11.2. The number of hydrogen-bond acceptors (Lipinski definition) is 1. The summed E-state index contributed by atoms with van der Waals surface area (Å²) >= 11 is 0. The van der Waals surface area contributed by atoms with Gasteiger partial charge in [-0.3, -0.25) is 0 Å². The molecule has 0 saturated heterocycles. The Balaban J connectivity index is 1.44. The molecule has 2 aliphatic rings. The summed E-state index contributed by atoms with van der Waals surface area (Å²) in [6.45, 7) is 4.60. The first-order valence-electron chi connectivity index (χ1n) is 7.27. The van der Waals surface area contributed by atoms with Crippen LogP contribution in [0.3, 0.4) is 0 Å². The highest BCUT2D eigenvalue weighted by Crippen LogP contribution is 2.42. The van der Waals surface area contributed by atoms with Crippen LogP contribution in [0.25, 0.3) is 0 Å². The summed E-state index contributed by atoms with van der Waals surface area (Å²) in [5, 5.41) is 3.68. The number of allylic oxidation sites excluding steroid dienone is 2. The molecule has 0 aromatic heterocycles. The normalized spacial score (nSPS) is 30.8. The molecule has 1 aromatic carbocycles. The van der Waals surface area contributed by atoms with E-state index in [4.69, 9.17) is 0 Å². The highest BCUT2D eigenvalue weighted by Gasteiger charge is 2.34. The number of nitrogens with one attached hydrogen (secondary N) is 1. The Hall–Kier alpha value is -1.08. The van der Waals surface area contributed by atoms with E-state index >= 15 is 0 Å². The first-order valence-corrected chi connectivity index (χ1v) is 7.27. The third kappa shape index (κ3) is 2.51. The number of rotatable bonds is 5. The highest BCUT2D eigenvalue weighted by atomic mass is 14.9. The van der Waals surface area contributed by atoms with Crippen molar-refractivity contribution < 1.29 is 0 Å². The average Bonchev–Trinajstić information content (AvgIpc) is 3.02. The molecular weight excluding hydrogens is 218 g/mol. The monoisotopic (exact) mass is 241 g/mol. The van der Waals surface area contributed by atoms with Gasteiger partial charge in [0.2, 0.25) is 0 Å². The third-order valence-corrected chi connectivity index (χ3v) is 4.64. The first kappa shape index (κ1) is 12.0. The van der Waals surface area contributed by atoms with Gasteiger partial charge in [-0.25, -0.2) is 0 Å². The van der Waals surface area contributed by atoms with E-state index in [-0.39, 0.29) is 0 Å². The largest absolute Gasteiger partial charge is 0.316 e. The van der Waals surface area contributed by atoms with Crippen molar-refractivity contribution in [2.24, 2.45) is 17.8 Å². The summed E-state index contributed by atoms with van der Waals surface area (Å²) in [6.07, 6.45) is 7.70. The van der Waals surface area contributed by atoms with E-state index in [2.05, 4.69) is 54.7 Å². The Morgan fingerprint density at radius 1 is 1.17 bits per heavy atom. The van der Waals surface area contributed by atoms with Gasteiger partial charge in [0.1, 0.15) is 0 Å². The molecule has 1 fully saturated rings. The third-order valence-electron chi connectivity index (χ3n) is 4.64. The zero-order valence-corrected chi connectivity index (χ0v) is 11.2. The average molecular weight is 241 g/mol. The minimum absolute atomic E-state index is 0.611. The minimum Gasteiger partial charge on any atom is -0.316 e.